The highest BCUT2D eigenvalue weighted by Gasteiger charge is 2.32. The van der Waals surface area contributed by atoms with Gasteiger partial charge in [0.25, 0.3) is 0 Å². The zero-order valence-corrected chi connectivity index (χ0v) is 25.3. The molecule has 0 aliphatic heterocycles. The molecule has 18 heteroatoms. The van der Waals surface area contributed by atoms with Gasteiger partial charge < -0.3 is 53.2 Å². The van der Waals surface area contributed by atoms with Crippen LogP contribution in [-0.4, -0.2) is 98.8 Å². The fraction of sp³-hybridized carbons (Fsp3) is 0.429. The smallest absolute Gasteiger partial charge is 0.325 e. The average Bonchev–Trinajstić information content (AvgIpc) is 3.38. The van der Waals surface area contributed by atoms with E-state index in [1.165, 1.54) is 20.8 Å². The van der Waals surface area contributed by atoms with Crippen LogP contribution in [0.5, 0.6) is 0 Å². The Morgan fingerprint density at radius 1 is 0.717 bits per heavy atom. The SMILES string of the molecule is CC(NC(=O)C(C)NC(=O)C(CC(=O)O)NC(=O)C(CC(N)=O)NC(=O)C(C)NC(=O)C(N)Cc1c[nH]c2ccccc12)C(=O)O. The first-order valence-corrected chi connectivity index (χ1v) is 14.0. The number of carbonyl (C=O) groups excluding carboxylic acids is 6. The molecule has 1 aromatic carbocycles. The van der Waals surface area contributed by atoms with Crippen molar-refractivity contribution in [2.24, 2.45) is 11.5 Å². The molecule has 0 fully saturated rings. The molecule has 12 N–H and O–H groups in total. The van der Waals surface area contributed by atoms with Crippen LogP contribution in [0.4, 0.5) is 0 Å². The van der Waals surface area contributed by atoms with Crippen molar-refractivity contribution in [3.8, 4) is 0 Å². The van der Waals surface area contributed by atoms with E-state index in [-0.39, 0.29) is 6.42 Å². The standard InChI is InChI=1S/C28H38N8O10/c1-12(23(40)34-14(3)28(45)46)33-26(43)20(10-22(38)39)36-27(44)19(9-21(30)37)35-24(41)13(2)32-25(42)17(29)8-15-11-31-18-7-5-4-6-16(15)18/h4-7,11-14,17,19-20,31H,8-10,29H2,1-3H3,(H2,30,37)(H,32,42)(H,33,43)(H,34,40)(H,35,41)(H,36,44)(H,38,39)(H,45,46). The van der Waals surface area contributed by atoms with Gasteiger partial charge in [-0.1, -0.05) is 18.2 Å². The van der Waals surface area contributed by atoms with Crippen molar-refractivity contribution in [1.29, 1.82) is 0 Å². The number of carboxylic acid groups (broad SMARTS) is 2. The maximum Gasteiger partial charge on any atom is 0.325 e. The van der Waals surface area contributed by atoms with Crippen LogP contribution in [0.3, 0.4) is 0 Å². The van der Waals surface area contributed by atoms with Gasteiger partial charge in [0.1, 0.15) is 30.2 Å². The quantitative estimate of drug-likeness (QED) is 0.0823. The van der Waals surface area contributed by atoms with E-state index in [1.807, 2.05) is 24.3 Å². The van der Waals surface area contributed by atoms with Gasteiger partial charge in [0.2, 0.25) is 35.4 Å². The summed E-state index contributed by atoms with van der Waals surface area (Å²) in [4.78, 5) is 101. The lowest BCUT2D eigenvalue weighted by Crippen LogP contribution is -2.59. The first kappa shape index (κ1) is 36.7. The number of hydrogen-bond donors (Lipinski definition) is 10. The molecule has 1 heterocycles. The number of fused-ring (bicyclic) bond motifs is 1. The number of aromatic nitrogens is 1. The lowest BCUT2D eigenvalue weighted by atomic mass is 10.0. The van der Waals surface area contributed by atoms with E-state index in [9.17, 15) is 43.5 Å². The normalized spacial score (nSPS) is 14.8. The number of para-hydroxylation sites is 1. The number of nitrogens with one attached hydrogen (secondary N) is 6. The summed E-state index contributed by atoms with van der Waals surface area (Å²) in [6.45, 7) is 3.67. The van der Waals surface area contributed by atoms with Gasteiger partial charge in [0.15, 0.2) is 0 Å². The Morgan fingerprint density at radius 2 is 1.22 bits per heavy atom. The van der Waals surface area contributed by atoms with Crippen molar-refractivity contribution >= 4 is 58.3 Å². The number of H-pyrrole nitrogens is 1. The van der Waals surface area contributed by atoms with E-state index >= 15 is 0 Å². The van der Waals surface area contributed by atoms with E-state index < -0.39 is 96.5 Å². The van der Waals surface area contributed by atoms with Gasteiger partial charge in [0.05, 0.1) is 18.9 Å². The summed E-state index contributed by atoms with van der Waals surface area (Å²) in [7, 11) is 0. The highest BCUT2D eigenvalue weighted by atomic mass is 16.4. The number of primary amides is 1. The molecule has 0 aliphatic rings. The summed E-state index contributed by atoms with van der Waals surface area (Å²) in [5.41, 5.74) is 12.9. The molecule has 250 valence electrons. The second kappa shape index (κ2) is 16.5. The molecule has 0 bridgehead atoms. The molecule has 2 rings (SSSR count). The second-order valence-electron chi connectivity index (χ2n) is 10.6. The van der Waals surface area contributed by atoms with Crippen molar-refractivity contribution < 1.29 is 48.6 Å². The van der Waals surface area contributed by atoms with Gasteiger partial charge in [-0.25, -0.2) is 0 Å². The molecule has 18 nitrogen and oxygen atoms in total. The predicted octanol–water partition coefficient (Wildman–Crippen LogP) is -3.04. The van der Waals surface area contributed by atoms with Crippen LogP contribution in [0.25, 0.3) is 10.9 Å². The van der Waals surface area contributed by atoms with Gasteiger partial charge >= 0.3 is 11.9 Å². The first-order chi connectivity index (χ1) is 21.5. The van der Waals surface area contributed by atoms with Gasteiger partial charge in [-0.15, -0.1) is 0 Å². The lowest BCUT2D eigenvalue weighted by Gasteiger charge is -2.24. The average molecular weight is 647 g/mol. The van der Waals surface area contributed by atoms with Crippen molar-refractivity contribution in [1.82, 2.24) is 31.6 Å². The van der Waals surface area contributed by atoms with Crippen molar-refractivity contribution in [3.63, 3.8) is 0 Å². The van der Waals surface area contributed by atoms with Crippen molar-refractivity contribution in [2.45, 2.75) is 76.3 Å². The van der Waals surface area contributed by atoms with Gasteiger partial charge in [0, 0.05) is 17.1 Å². The Kier molecular flexibility index (Phi) is 13.2. The maximum absolute atomic E-state index is 13.0. The molecule has 2 aromatic rings. The zero-order chi connectivity index (χ0) is 34.7. The number of benzene rings is 1. The van der Waals surface area contributed by atoms with E-state index in [0.717, 1.165) is 16.5 Å². The molecule has 0 saturated heterocycles. The first-order valence-electron chi connectivity index (χ1n) is 14.0. The number of rotatable bonds is 17. The maximum atomic E-state index is 13.0. The molecule has 0 spiro atoms. The fourth-order valence-electron chi connectivity index (χ4n) is 4.16. The number of aromatic amines is 1. The van der Waals surface area contributed by atoms with Crippen LogP contribution in [0.2, 0.25) is 0 Å². The minimum absolute atomic E-state index is 0.142. The van der Waals surface area contributed by atoms with Gasteiger partial charge in [-0.3, -0.25) is 38.4 Å². The van der Waals surface area contributed by atoms with Crippen molar-refractivity contribution in [2.75, 3.05) is 0 Å². The molecular formula is C28H38N8O10. The molecule has 0 aliphatic carbocycles. The minimum atomic E-state index is -1.79. The summed E-state index contributed by atoms with van der Waals surface area (Å²) >= 11 is 0. The predicted molar refractivity (Wildman–Crippen MR) is 160 cm³/mol. The highest BCUT2D eigenvalue weighted by Crippen LogP contribution is 2.18. The van der Waals surface area contributed by atoms with Crippen LogP contribution >= 0.6 is 0 Å². The summed E-state index contributed by atoms with van der Waals surface area (Å²) in [5.74, 6) is -8.70. The summed E-state index contributed by atoms with van der Waals surface area (Å²) in [6, 6.07) is -1.02. The molecule has 6 amide bonds. The molecule has 6 atom stereocenters. The number of hydrogen-bond acceptors (Lipinski definition) is 9. The molecule has 1 aromatic heterocycles. The van der Waals surface area contributed by atoms with Crippen LogP contribution in [0, 0.1) is 0 Å². The Morgan fingerprint density at radius 3 is 1.80 bits per heavy atom. The van der Waals surface area contributed by atoms with Crippen LogP contribution in [0.15, 0.2) is 30.5 Å². The Balaban J connectivity index is 2.05. The zero-order valence-electron chi connectivity index (χ0n) is 25.3. The van der Waals surface area contributed by atoms with E-state index in [2.05, 4.69) is 31.6 Å². The van der Waals surface area contributed by atoms with Gasteiger partial charge in [-0.05, 0) is 38.8 Å². The molecular weight excluding hydrogens is 608 g/mol. The molecule has 0 saturated carbocycles. The van der Waals surface area contributed by atoms with Crippen LogP contribution in [0.1, 0.15) is 39.2 Å². The summed E-state index contributed by atoms with van der Waals surface area (Å²) in [6.07, 6.45) is 0.137. The fourth-order valence-corrected chi connectivity index (χ4v) is 4.16. The second-order valence-corrected chi connectivity index (χ2v) is 10.6. The van der Waals surface area contributed by atoms with E-state index in [0.29, 0.717) is 0 Å². The third-order valence-corrected chi connectivity index (χ3v) is 6.73. The molecule has 0 radical (unpaired) electrons. The summed E-state index contributed by atoms with van der Waals surface area (Å²) < 4.78 is 0. The van der Waals surface area contributed by atoms with E-state index in [1.54, 1.807) is 6.20 Å². The number of carboxylic acids is 2. The number of nitrogens with two attached hydrogens (primary N) is 2. The Bertz CT molecular complexity index is 1490. The van der Waals surface area contributed by atoms with Crippen LogP contribution in [-0.2, 0) is 44.8 Å². The molecule has 46 heavy (non-hydrogen) atoms. The molecule has 6 unspecified atom stereocenters. The number of amides is 6. The lowest BCUT2D eigenvalue weighted by molar-refractivity contribution is -0.143. The highest BCUT2D eigenvalue weighted by molar-refractivity contribution is 5.98. The third kappa shape index (κ3) is 10.9. The number of carbonyl (C=O) groups is 8. The number of aliphatic carboxylic acids is 2. The Hall–Kier alpha value is -5.52. The van der Waals surface area contributed by atoms with E-state index in [4.69, 9.17) is 16.6 Å². The van der Waals surface area contributed by atoms with Crippen LogP contribution < -0.4 is 38.1 Å². The minimum Gasteiger partial charge on any atom is -0.481 e. The van der Waals surface area contributed by atoms with Gasteiger partial charge in [-0.2, -0.15) is 0 Å². The Labute approximate surface area is 262 Å². The monoisotopic (exact) mass is 646 g/mol. The van der Waals surface area contributed by atoms with Crippen molar-refractivity contribution in [3.05, 3.63) is 36.0 Å². The topological polar surface area (TPSA) is 305 Å². The largest absolute Gasteiger partial charge is 0.481 e. The summed E-state index contributed by atoms with van der Waals surface area (Å²) in [5, 5.41) is 30.1. The third-order valence-electron chi connectivity index (χ3n) is 6.73.